The molecule has 9 heteroatoms. The molecular formula is C15H12ClF3N2O3. The van der Waals surface area contributed by atoms with Gasteiger partial charge < -0.3 is 10.2 Å². The van der Waals surface area contributed by atoms with Gasteiger partial charge in [-0.25, -0.2) is 22.9 Å². The van der Waals surface area contributed by atoms with Gasteiger partial charge in [0.2, 0.25) is 0 Å². The summed E-state index contributed by atoms with van der Waals surface area (Å²) in [4.78, 5) is 18.8. The van der Waals surface area contributed by atoms with Gasteiger partial charge in [0.1, 0.15) is 11.3 Å². The number of hydrogen-bond acceptors (Lipinski definition) is 4. The molecule has 0 unspecified atom stereocenters. The van der Waals surface area contributed by atoms with Crippen LogP contribution in [0.2, 0.25) is 5.02 Å². The normalized spacial score (nSPS) is 11.8. The maximum Gasteiger partial charge on any atom is 0.356 e. The van der Waals surface area contributed by atoms with Crippen LogP contribution in [0.3, 0.4) is 0 Å². The van der Waals surface area contributed by atoms with Crippen LogP contribution < -0.4 is 0 Å². The molecule has 0 fully saturated rings. The number of halogens is 4. The molecule has 0 aliphatic heterocycles. The molecule has 2 rings (SSSR count). The van der Waals surface area contributed by atoms with E-state index in [2.05, 4.69) is 9.97 Å². The smallest absolute Gasteiger partial charge is 0.356 e. The first-order valence-electron chi connectivity index (χ1n) is 6.63. The van der Waals surface area contributed by atoms with Crippen molar-refractivity contribution in [3.8, 4) is 11.3 Å². The summed E-state index contributed by atoms with van der Waals surface area (Å²) in [5, 5.41) is 18.7. The Morgan fingerprint density at radius 1 is 1.33 bits per heavy atom. The highest BCUT2D eigenvalue weighted by Crippen LogP contribution is 2.36. The van der Waals surface area contributed by atoms with Gasteiger partial charge in [0.15, 0.2) is 11.5 Å². The lowest BCUT2D eigenvalue weighted by atomic mass is 10.0. The first-order chi connectivity index (χ1) is 11.0. The van der Waals surface area contributed by atoms with Crippen molar-refractivity contribution in [3.05, 3.63) is 46.1 Å². The van der Waals surface area contributed by atoms with Gasteiger partial charge in [0.05, 0.1) is 16.9 Å². The van der Waals surface area contributed by atoms with Crippen LogP contribution >= 0.6 is 11.6 Å². The summed E-state index contributed by atoms with van der Waals surface area (Å²) in [6.07, 6.45) is -2.11. The van der Waals surface area contributed by atoms with Crippen LogP contribution in [0.15, 0.2) is 18.3 Å². The summed E-state index contributed by atoms with van der Waals surface area (Å²) in [5.41, 5.74) is -4.33. The molecule has 0 aliphatic carbocycles. The van der Waals surface area contributed by atoms with Crippen molar-refractivity contribution in [2.24, 2.45) is 0 Å². The third kappa shape index (κ3) is 3.34. The zero-order valence-corrected chi connectivity index (χ0v) is 13.3. The standard InChI is InChI=1S/C15H12ClF3N2O3/c1-15(2,24)12-11(14(22)23)21-8(5-20-12)9-6(13(18)19)3-4-7(16)10(9)17/h3-5,13,24H,1-2H3,(H,22,23). The number of hydrogen-bond donors (Lipinski definition) is 2. The number of benzene rings is 1. The van der Waals surface area contributed by atoms with Gasteiger partial charge in [-0.05, 0) is 19.9 Å². The summed E-state index contributed by atoms with van der Waals surface area (Å²) in [6, 6.07) is 1.90. The van der Waals surface area contributed by atoms with Crippen molar-refractivity contribution in [1.29, 1.82) is 0 Å². The van der Waals surface area contributed by atoms with E-state index in [1.54, 1.807) is 0 Å². The summed E-state index contributed by atoms with van der Waals surface area (Å²) in [7, 11) is 0. The molecule has 128 valence electrons. The van der Waals surface area contributed by atoms with Crippen LogP contribution in [0.25, 0.3) is 11.3 Å². The van der Waals surface area contributed by atoms with E-state index in [1.807, 2.05) is 0 Å². The van der Waals surface area contributed by atoms with Crippen LogP contribution in [0.1, 0.15) is 42.0 Å². The predicted octanol–water partition coefficient (Wildman–Crippen LogP) is 3.80. The number of aromatic nitrogens is 2. The van der Waals surface area contributed by atoms with Gasteiger partial charge in [-0.15, -0.1) is 0 Å². The third-order valence-corrected chi connectivity index (χ3v) is 3.46. The van der Waals surface area contributed by atoms with E-state index < -0.39 is 51.4 Å². The number of alkyl halides is 2. The van der Waals surface area contributed by atoms with Gasteiger partial charge in [-0.1, -0.05) is 17.7 Å². The number of aromatic carboxylic acids is 1. The van der Waals surface area contributed by atoms with Gasteiger partial charge >= 0.3 is 5.97 Å². The summed E-state index contributed by atoms with van der Waals surface area (Å²) < 4.78 is 40.5. The molecule has 1 aromatic heterocycles. The van der Waals surface area contributed by atoms with E-state index in [0.29, 0.717) is 0 Å². The molecule has 2 aromatic rings. The highest BCUT2D eigenvalue weighted by atomic mass is 35.5. The Balaban J connectivity index is 2.78. The van der Waals surface area contributed by atoms with E-state index in [4.69, 9.17) is 11.6 Å². The topological polar surface area (TPSA) is 83.3 Å². The molecular weight excluding hydrogens is 349 g/mol. The fourth-order valence-corrected chi connectivity index (χ4v) is 2.27. The van der Waals surface area contributed by atoms with E-state index in [1.165, 1.54) is 13.8 Å². The number of carbonyl (C=O) groups is 1. The molecule has 24 heavy (non-hydrogen) atoms. The van der Waals surface area contributed by atoms with Crippen molar-refractivity contribution >= 4 is 17.6 Å². The monoisotopic (exact) mass is 360 g/mol. The highest BCUT2D eigenvalue weighted by molar-refractivity contribution is 6.31. The molecule has 0 saturated heterocycles. The van der Waals surface area contributed by atoms with Gasteiger partial charge in [-0.3, -0.25) is 4.98 Å². The Hall–Kier alpha value is -2.19. The average Bonchev–Trinajstić information content (AvgIpc) is 2.48. The first kappa shape index (κ1) is 18.2. The fraction of sp³-hybridized carbons (Fsp3) is 0.267. The highest BCUT2D eigenvalue weighted by Gasteiger charge is 2.29. The van der Waals surface area contributed by atoms with Crippen LogP contribution in [-0.2, 0) is 5.60 Å². The maximum absolute atomic E-state index is 14.2. The van der Waals surface area contributed by atoms with E-state index in [-0.39, 0.29) is 5.69 Å². The zero-order valence-electron chi connectivity index (χ0n) is 12.5. The Bertz CT molecular complexity index is 807. The molecule has 1 heterocycles. The number of rotatable bonds is 4. The summed E-state index contributed by atoms with van der Waals surface area (Å²) in [6.45, 7) is 2.57. The first-order valence-corrected chi connectivity index (χ1v) is 7.01. The van der Waals surface area contributed by atoms with Crippen molar-refractivity contribution in [2.75, 3.05) is 0 Å². The second-order valence-electron chi connectivity index (χ2n) is 5.44. The van der Waals surface area contributed by atoms with Crippen LogP contribution in [0, 0.1) is 5.82 Å². The SMILES string of the molecule is CC(C)(O)c1ncc(-c2c(C(F)F)ccc(Cl)c2F)nc1C(=O)O. The quantitative estimate of drug-likeness (QED) is 0.866. The van der Waals surface area contributed by atoms with Crippen molar-refractivity contribution in [2.45, 2.75) is 25.9 Å². The van der Waals surface area contributed by atoms with E-state index in [9.17, 15) is 28.2 Å². The number of carboxylic acid groups (broad SMARTS) is 1. The molecule has 0 saturated carbocycles. The summed E-state index contributed by atoms with van der Waals surface area (Å²) in [5.74, 6) is -2.70. The third-order valence-electron chi connectivity index (χ3n) is 3.17. The van der Waals surface area contributed by atoms with Crippen molar-refractivity contribution < 1.29 is 28.2 Å². The van der Waals surface area contributed by atoms with Gasteiger partial charge in [0, 0.05) is 11.1 Å². The Labute approximate surface area is 139 Å². The second kappa shape index (κ2) is 6.37. The summed E-state index contributed by atoms with van der Waals surface area (Å²) >= 11 is 5.62. The number of carboxylic acids is 1. The molecule has 0 radical (unpaired) electrons. The molecule has 1 aromatic carbocycles. The largest absolute Gasteiger partial charge is 0.476 e. The van der Waals surface area contributed by atoms with Crippen LogP contribution in [-0.4, -0.2) is 26.2 Å². The fourth-order valence-electron chi connectivity index (χ4n) is 2.11. The molecule has 0 spiro atoms. The number of nitrogens with zero attached hydrogens (tertiary/aromatic N) is 2. The van der Waals surface area contributed by atoms with Gasteiger partial charge in [-0.2, -0.15) is 0 Å². The minimum Gasteiger partial charge on any atom is -0.476 e. The molecule has 0 aliphatic rings. The van der Waals surface area contributed by atoms with Crippen molar-refractivity contribution in [3.63, 3.8) is 0 Å². The molecule has 0 atom stereocenters. The number of aliphatic hydroxyl groups is 1. The Morgan fingerprint density at radius 2 is 1.96 bits per heavy atom. The van der Waals surface area contributed by atoms with E-state index in [0.717, 1.165) is 18.3 Å². The molecule has 5 nitrogen and oxygen atoms in total. The second-order valence-corrected chi connectivity index (χ2v) is 5.85. The maximum atomic E-state index is 14.2. The van der Waals surface area contributed by atoms with Gasteiger partial charge in [0.25, 0.3) is 6.43 Å². The average molecular weight is 361 g/mol. The lowest BCUT2D eigenvalue weighted by Gasteiger charge is -2.19. The predicted molar refractivity (Wildman–Crippen MR) is 79.6 cm³/mol. The molecule has 2 N–H and O–H groups in total. The minimum atomic E-state index is -3.03. The minimum absolute atomic E-state index is 0.278. The Kier molecular flexibility index (Phi) is 4.82. The Morgan fingerprint density at radius 3 is 2.46 bits per heavy atom. The van der Waals surface area contributed by atoms with Crippen molar-refractivity contribution in [1.82, 2.24) is 9.97 Å². The van der Waals surface area contributed by atoms with E-state index >= 15 is 0 Å². The molecule has 0 bridgehead atoms. The lowest BCUT2D eigenvalue weighted by molar-refractivity contribution is 0.0598. The lowest BCUT2D eigenvalue weighted by Crippen LogP contribution is -2.23. The molecule has 0 amide bonds. The van der Waals surface area contributed by atoms with Crippen LogP contribution in [0.5, 0.6) is 0 Å². The zero-order chi connectivity index (χ0) is 18.2. The van der Waals surface area contributed by atoms with Crippen LogP contribution in [0.4, 0.5) is 13.2 Å².